The molecule has 0 saturated heterocycles. The molecular formula is C19H22Cl4N2. The molecule has 2 rings (SSSR count). The van der Waals surface area contributed by atoms with Gasteiger partial charge in [-0.15, -0.1) is 0 Å². The Morgan fingerprint density at radius 2 is 1.20 bits per heavy atom. The number of benzene rings is 2. The Morgan fingerprint density at radius 1 is 0.720 bits per heavy atom. The van der Waals surface area contributed by atoms with E-state index < -0.39 is 0 Å². The highest BCUT2D eigenvalue weighted by Gasteiger charge is 2.12. The molecule has 0 aliphatic rings. The van der Waals surface area contributed by atoms with Crippen LogP contribution >= 0.6 is 46.4 Å². The molecule has 0 fully saturated rings. The van der Waals surface area contributed by atoms with Crippen LogP contribution in [0.5, 0.6) is 0 Å². The summed E-state index contributed by atoms with van der Waals surface area (Å²) in [6, 6.07) is 11.3. The average molecular weight is 420 g/mol. The minimum atomic E-state index is 0.647. The lowest BCUT2D eigenvalue weighted by Gasteiger charge is -2.24. The smallest absolute Gasteiger partial charge is 0.0465 e. The quantitative estimate of drug-likeness (QED) is 0.498. The van der Waals surface area contributed by atoms with Gasteiger partial charge in [-0.3, -0.25) is 4.90 Å². The van der Waals surface area contributed by atoms with Gasteiger partial charge in [0.2, 0.25) is 0 Å². The van der Waals surface area contributed by atoms with E-state index in [1.54, 1.807) is 12.1 Å². The van der Waals surface area contributed by atoms with E-state index in [0.717, 1.165) is 43.7 Å². The maximum Gasteiger partial charge on any atom is 0.0465 e. The summed E-state index contributed by atoms with van der Waals surface area (Å²) >= 11 is 24.7. The van der Waals surface area contributed by atoms with Crippen molar-refractivity contribution in [1.82, 2.24) is 9.80 Å². The van der Waals surface area contributed by atoms with Crippen molar-refractivity contribution in [2.45, 2.75) is 19.5 Å². The summed E-state index contributed by atoms with van der Waals surface area (Å²) in [6.07, 6.45) is 1.06. The lowest BCUT2D eigenvalue weighted by atomic mass is 10.1. The van der Waals surface area contributed by atoms with Crippen molar-refractivity contribution in [1.29, 1.82) is 0 Å². The zero-order valence-electron chi connectivity index (χ0n) is 14.4. The maximum atomic E-state index is 6.35. The minimum absolute atomic E-state index is 0.647. The number of halogens is 4. The first-order chi connectivity index (χ1) is 11.8. The molecule has 0 N–H and O–H groups in total. The van der Waals surface area contributed by atoms with E-state index in [-0.39, 0.29) is 0 Å². The van der Waals surface area contributed by atoms with Gasteiger partial charge in [0, 0.05) is 39.7 Å². The molecule has 6 heteroatoms. The van der Waals surface area contributed by atoms with Crippen LogP contribution in [0, 0.1) is 0 Å². The molecule has 136 valence electrons. The van der Waals surface area contributed by atoms with Crippen LogP contribution in [0.15, 0.2) is 36.4 Å². The van der Waals surface area contributed by atoms with Crippen LogP contribution in [0.3, 0.4) is 0 Å². The van der Waals surface area contributed by atoms with Crippen LogP contribution in [-0.4, -0.2) is 37.0 Å². The molecular weight excluding hydrogens is 398 g/mol. The highest BCUT2D eigenvalue weighted by molar-refractivity contribution is 6.35. The third-order valence-electron chi connectivity index (χ3n) is 3.90. The van der Waals surface area contributed by atoms with E-state index in [9.17, 15) is 0 Å². The Kier molecular flexibility index (Phi) is 8.34. The third-order valence-corrected chi connectivity index (χ3v) is 5.07. The van der Waals surface area contributed by atoms with Crippen molar-refractivity contribution in [2.24, 2.45) is 0 Å². The van der Waals surface area contributed by atoms with Gasteiger partial charge < -0.3 is 4.90 Å². The van der Waals surface area contributed by atoms with Crippen LogP contribution in [0.4, 0.5) is 0 Å². The Morgan fingerprint density at radius 3 is 1.60 bits per heavy atom. The first kappa shape index (κ1) is 20.8. The predicted molar refractivity (Wildman–Crippen MR) is 110 cm³/mol. The van der Waals surface area contributed by atoms with E-state index in [1.165, 1.54) is 0 Å². The van der Waals surface area contributed by atoms with Crippen LogP contribution in [-0.2, 0) is 13.1 Å². The summed E-state index contributed by atoms with van der Waals surface area (Å²) in [7, 11) is 4.16. The molecule has 2 nitrogen and oxygen atoms in total. The molecule has 0 saturated carbocycles. The Bertz CT molecular complexity index is 650. The molecule has 0 aromatic heterocycles. The van der Waals surface area contributed by atoms with Crippen molar-refractivity contribution in [3.63, 3.8) is 0 Å². The summed E-state index contributed by atoms with van der Waals surface area (Å²) in [5.41, 5.74) is 2.11. The van der Waals surface area contributed by atoms with Crippen molar-refractivity contribution in [3.8, 4) is 0 Å². The van der Waals surface area contributed by atoms with Gasteiger partial charge in [-0.25, -0.2) is 0 Å². The summed E-state index contributed by atoms with van der Waals surface area (Å²) in [4.78, 5) is 4.52. The summed E-state index contributed by atoms with van der Waals surface area (Å²) in [5.74, 6) is 0. The molecule has 0 radical (unpaired) electrons. The molecule has 0 unspecified atom stereocenters. The molecule has 0 spiro atoms. The van der Waals surface area contributed by atoms with E-state index >= 15 is 0 Å². The molecule has 0 amide bonds. The average Bonchev–Trinajstić information content (AvgIpc) is 2.52. The van der Waals surface area contributed by atoms with Gasteiger partial charge in [0.15, 0.2) is 0 Å². The van der Waals surface area contributed by atoms with E-state index in [0.29, 0.717) is 20.1 Å². The van der Waals surface area contributed by atoms with Gasteiger partial charge >= 0.3 is 0 Å². The highest BCUT2D eigenvalue weighted by atomic mass is 35.5. The topological polar surface area (TPSA) is 6.48 Å². The predicted octanol–water partition coefficient (Wildman–Crippen LogP) is 6.25. The Hall–Kier alpha value is -0.480. The van der Waals surface area contributed by atoms with Gasteiger partial charge in [0.1, 0.15) is 0 Å². The standard InChI is InChI=1S/C19H22Cl4N2/c1-24(2)8-3-9-25(12-14-4-6-16(20)10-18(14)22)13-15-5-7-17(21)11-19(15)23/h4-7,10-11H,3,8-9,12-13H2,1-2H3. The zero-order chi connectivity index (χ0) is 18.4. The maximum absolute atomic E-state index is 6.35. The van der Waals surface area contributed by atoms with Crippen LogP contribution < -0.4 is 0 Å². The van der Waals surface area contributed by atoms with Crippen molar-refractivity contribution >= 4 is 46.4 Å². The van der Waals surface area contributed by atoms with E-state index in [2.05, 4.69) is 23.9 Å². The van der Waals surface area contributed by atoms with Gasteiger partial charge in [0.25, 0.3) is 0 Å². The first-order valence-corrected chi connectivity index (χ1v) is 9.61. The first-order valence-electron chi connectivity index (χ1n) is 8.10. The van der Waals surface area contributed by atoms with Gasteiger partial charge in [0.05, 0.1) is 0 Å². The molecule has 0 atom stereocenters. The number of nitrogens with zero attached hydrogens (tertiary/aromatic N) is 2. The number of hydrogen-bond acceptors (Lipinski definition) is 2. The van der Waals surface area contributed by atoms with Gasteiger partial charge in [-0.1, -0.05) is 58.5 Å². The molecule has 2 aromatic carbocycles. The number of rotatable bonds is 8. The largest absolute Gasteiger partial charge is 0.309 e. The molecule has 0 aliphatic carbocycles. The van der Waals surface area contributed by atoms with Crippen molar-refractivity contribution in [3.05, 3.63) is 67.6 Å². The van der Waals surface area contributed by atoms with Gasteiger partial charge in [-0.2, -0.15) is 0 Å². The summed E-state index contributed by atoms with van der Waals surface area (Å²) < 4.78 is 0. The summed E-state index contributed by atoms with van der Waals surface area (Å²) in [6.45, 7) is 3.44. The normalized spacial score (nSPS) is 11.5. The monoisotopic (exact) mass is 418 g/mol. The second-order valence-corrected chi connectivity index (χ2v) is 8.03. The molecule has 25 heavy (non-hydrogen) atoms. The minimum Gasteiger partial charge on any atom is -0.309 e. The third kappa shape index (κ3) is 6.97. The van der Waals surface area contributed by atoms with Crippen molar-refractivity contribution < 1.29 is 0 Å². The molecule has 2 aromatic rings. The van der Waals surface area contributed by atoms with E-state index in [4.69, 9.17) is 46.4 Å². The fourth-order valence-electron chi connectivity index (χ4n) is 2.61. The molecule has 0 bridgehead atoms. The van der Waals surface area contributed by atoms with Crippen LogP contribution in [0.25, 0.3) is 0 Å². The highest BCUT2D eigenvalue weighted by Crippen LogP contribution is 2.25. The fourth-order valence-corrected chi connectivity index (χ4v) is 3.54. The number of hydrogen-bond donors (Lipinski definition) is 0. The van der Waals surface area contributed by atoms with Crippen LogP contribution in [0.1, 0.15) is 17.5 Å². The molecule has 0 heterocycles. The zero-order valence-corrected chi connectivity index (χ0v) is 17.4. The van der Waals surface area contributed by atoms with Crippen molar-refractivity contribution in [2.75, 3.05) is 27.2 Å². The van der Waals surface area contributed by atoms with Crippen LogP contribution in [0.2, 0.25) is 20.1 Å². The second-order valence-electron chi connectivity index (χ2n) is 6.34. The SMILES string of the molecule is CN(C)CCCN(Cc1ccc(Cl)cc1Cl)Cc1ccc(Cl)cc1Cl. The van der Waals surface area contributed by atoms with Gasteiger partial charge in [-0.05, 0) is 62.5 Å². The summed E-state index contributed by atoms with van der Waals surface area (Å²) in [5, 5.41) is 2.67. The Balaban J connectivity index is 2.13. The lowest BCUT2D eigenvalue weighted by molar-refractivity contribution is 0.240. The fraction of sp³-hybridized carbons (Fsp3) is 0.368. The second kappa shape index (κ2) is 10.0. The van der Waals surface area contributed by atoms with E-state index in [1.807, 2.05) is 24.3 Å². The Labute approximate surface area is 170 Å². The molecule has 0 aliphatic heterocycles. The lowest BCUT2D eigenvalue weighted by Crippen LogP contribution is -2.27.